The molecule has 0 atom stereocenters. The van der Waals surface area contributed by atoms with Gasteiger partial charge in [-0.25, -0.2) is 0 Å². The van der Waals surface area contributed by atoms with Gasteiger partial charge in [0.05, 0.1) is 25.5 Å². The van der Waals surface area contributed by atoms with Gasteiger partial charge in [0.25, 0.3) is 11.8 Å². The Labute approximate surface area is 169 Å². The summed E-state index contributed by atoms with van der Waals surface area (Å²) in [4.78, 5) is 28.3. The average molecular weight is 425 g/mol. The minimum Gasteiger partial charge on any atom is -0.497 e. The van der Waals surface area contributed by atoms with Crippen LogP contribution in [0.4, 0.5) is 24.5 Å². The molecule has 0 aliphatic carbocycles. The lowest BCUT2D eigenvalue weighted by Crippen LogP contribution is -2.18. The van der Waals surface area contributed by atoms with Crippen LogP contribution < -0.4 is 20.1 Å². The van der Waals surface area contributed by atoms with Crippen molar-refractivity contribution in [1.82, 2.24) is 0 Å². The summed E-state index contributed by atoms with van der Waals surface area (Å²) in [6.45, 7) is -0.511. The number of methoxy groups -OCH3 is 2. The summed E-state index contributed by atoms with van der Waals surface area (Å²) >= 11 is 0. The average Bonchev–Trinajstić information content (AvgIpc) is 2.71. The van der Waals surface area contributed by atoms with Gasteiger partial charge in [0.1, 0.15) is 17.7 Å². The van der Waals surface area contributed by atoms with Crippen LogP contribution in [0.5, 0.6) is 11.5 Å². The topological polar surface area (TPSA) is 98.3 Å². The highest BCUT2D eigenvalue weighted by Crippen LogP contribution is 2.30. The van der Waals surface area contributed by atoms with Crippen LogP contribution in [-0.4, -0.2) is 38.9 Å². The summed E-state index contributed by atoms with van der Waals surface area (Å²) in [5.74, 6) is -0.496. The molecule has 0 heterocycles. The van der Waals surface area contributed by atoms with Crippen molar-refractivity contribution >= 4 is 29.4 Å². The van der Waals surface area contributed by atoms with Crippen LogP contribution in [0, 0.1) is 0 Å². The first-order chi connectivity index (χ1) is 14.2. The molecule has 2 rings (SSSR count). The van der Waals surface area contributed by atoms with E-state index in [1.54, 1.807) is 18.2 Å². The number of oxime groups is 1. The minimum absolute atomic E-state index is 0.0642. The lowest BCUT2D eigenvalue weighted by molar-refractivity contribution is -0.137. The van der Waals surface area contributed by atoms with Crippen molar-refractivity contribution in [2.24, 2.45) is 5.16 Å². The highest BCUT2D eigenvalue weighted by Gasteiger charge is 2.30. The second kappa shape index (κ2) is 10.1. The zero-order chi connectivity index (χ0) is 22.1. The highest BCUT2D eigenvalue weighted by atomic mass is 19.4. The lowest BCUT2D eigenvalue weighted by Gasteiger charge is -2.11. The fraction of sp³-hybridized carbons (Fsp3) is 0.211. The van der Waals surface area contributed by atoms with E-state index in [0.717, 1.165) is 18.2 Å². The van der Waals surface area contributed by atoms with E-state index in [1.807, 2.05) is 0 Å². The molecule has 0 aromatic heterocycles. The van der Waals surface area contributed by atoms with Crippen molar-refractivity contribution in [3.63, 3.8) is 0 Å². The van der Waals surface area contributed by atoms with Gasteiger partial charge in [-0.3, -0.25) is 9.59 Å². The normalized spacial score (nSPS) is 11.1. The van der Waals surface area contributed by atoms with Crippen LogP contribution >= 0.6 is 0 Å². The highest BCUT2D eigenvalue weighted by molar-refractivity contribution is 6.31. The molecule has 0 aliphatic heterocycles. The third-order valence-electron chi connectivity index (χ3n) is 3.58. The molecule has 0 unspecified atom stereocenters. The van der Waals surface area contributed by atoms with Crippen molar-refractivity contribution in [3.8, 4) is 11.5 Å². The van der Waals surface area contributed by atoms with Gasteiger partial charge in [-0.1, -0.05) is 11.2 Å². The maximum atomic E-state index is 12.7. The monoisotopic (exact) mass is 425 g/mol. The molecule has 2 aromatic rings. The first-order valence-electron chi connectivity index (χ1n) is 8.38. The summed E-state index contributed by atoms with van der Waals surface area (Å²) in [6, 6.07) is 8.87. The van der Waals surface area contributed by atoms with Gasteiger partial charge < -0.3 is 24.9 Å². The van der Waals surface area contributed by atoms with E-state index in [1.165, 1.54) is 20.3 Å². The molecular formula is C19H18F3N3O5. The third-order valence-corrected chi connectivity index (χ3v) is 3.58. The molecule has 0 saturated heterocycles. The Kier molecular flexibility index (Phi) is 7.62. The standard InChI is InChI=1S/C19H18F3N3O5/c1-28-14-6-7-15(16(9-14)29-2)25-18(27)11-30-23-10-17(26)24-13-5-3-4-12(8-13)19(20,21)22/h3-10H,11H2,1-2H3,(H,24,26)(H,25,27)/b23-10+. The maximum Gasteiger partial charge on any atom is 0.416 e. The van der Waals surface area contributed by atoms with E-state index in [4.69, 9.17) is 14.3 Å². The Balaban J connectivity index is 1.83. The van der Waals surface area contributed by atoms with Gasteiger partial charge in [0.15, 0.2) is 6.61 Å². The molecule has 2 aromatic carbocycles. The first-order valence-corrected chi connectivity index (χ1v) is 8.38. The van der Waals surface area contributed by atoms with Gasteiger partial charge in [-0.05, 0) is 30.3 Å². The molecule has 160 valence electrons. The van der Waals surface area contributed by atoms with Gasteiger partial charge in [0, 0.05) is 11.8 Å². The van der Waals surface area contributed by atoms with Crippen molar-refractivity contribution < 1.29 is 37.1 Å². The molecule has 0 fully saturated rings. The largest absolute Gasteiger partial charge is 0.497 e. The number of hydrogen-bond donors (Lipinski definition) is 2. The number of carbonyl (C=O) groups is 2. The quantitative estimate of drug-likeness (QED) is 0.500. The number of hydrogen-bond acceptors (Lipinski definition) is 6. The molecular weight excluding hydrogens is 407 g/mol. The molecule has 2 amide bonds. The number of amides is 2. The minimum atomic E-state index is -4.53. The van der Waals surface area contributed by atoms with Gasteiger partial charge in [0.2, 0.25) is 0 Å². The van der Waals surface area contributed by atoms with Gasteiger partial charge in [-0.2, -0.15) is 13.2 Å². The zero-order valence-electron chi connectivity index (χ0n) is 15.9. The second-order valence-corrected chi connectivity index (χ2v) is 5.69. The summed E-state index contributed by atoms with van der Waals surface area (Å²) < 4.78 is 48.2. The van der Waals surface area contributed by atoms with Crippen LogP contribution in [0.3, 0.4) is 0 Å². The third kappa shape index (κ3) is 6.69. The molecule has 30 heavy (non-hydrogen) atoms. The Morgan fingerprint density at radius 2 is 1.83 bits per heavy atom. The summed E-state index contributed by atoms with van der Waals surface area (Å²) in [7, 11) is 2.91. The SMILES string of the molecule is COc1ccc(NC(=O)CO/N=C/C(=O)Nc2cccc(C(F)(F)F)c2)c(OC)c1. The molecule has 8 nitrogen and oxygen atoms in total. The number of rotatable bonds is 8. The first kappa shape index (κ1) is 22.5. The smallest absolute Gasteiger partial charge is 0.416 e. The van der Waals surface area contributed by atoms with Crippen molar-refractivity contribution in [3.05, 3.63) is 48.0 Å². The Hall–Kier alpha value is -3.76. The molecule has 0 spiro atoms. The predicted molar refractivity (Wildman–Crippen MR) is 103 cm³/mol. The number of ether oxygens (including phenoxy) is 2. The molecule has 0 bridgehead atoms. The molecule has 11 heteroatoms. The molecule has 0 saturated carbocycles. The molecule has 2 N–H and O–H groups in total. The number of anilines is 2. The predicted octanol–water partition coefficient (Wildman–Crippen LogP) is 3.30. The number of alkyl halides is 3. The molecule has 0 aliphatic rings. The second-order valence-electron chi connectivity index (χ2n) is 5.69. The Morgan fingerprint density at radius 1 is 1.07 bits per heavy atom. The number of halogens is 3. The van der Waals surface area contributed by atoms with E-state index >= 15 is 0 Å². The van der Waals surface area contributed by atoms with Crippen molar-refractivity contribution in [2.45, 2.75) is 6.18 Å². The van der Waals surface area contributed by atoms with Gasteiger partial charge in [-0.15, -0.1) is 0 Å². The van der Waals surface area contributed by atoms with Crippen molar-refractivity contribution in [2.75, 3.05) is 31.5 Å². The van der Waals surface area contributed by atoms with Crippen LogP contribution in [0.25, 0.3) is 0 Å². The van der Waals surface area contributed by atoms with Crippen LogP contribution in [-0.2, 0) is 20.6 Å². The van der Waals surface area contributed by atoms with Crippen LogP contribution in [0.2, 0.25) is 0 Å². The summed E-state index contributed by atoms with van der Waals surface area (Å²) in [6.07, 6.45) is -3.83. The Bertz CT molecular complexity index is 932. The van der Waals surface area contributed by atoms with E-state index in [0.29, 0.717) is 23.4 Å². The zero-order valence-corrected chi connectivity index (χ0v) is 15.9. The van der Waals surface area contributed by atoms with E-state index in [9.17, 15) is 22.8 Å². The van der Waals surface area contributed by atoms with Crippen molar-refractivity contribution in [1.29, 1.82) is 0 Å². The lowest BCUT2D eigenvalue weighted by atomic mass is 10.2. The molecule has 0 radical (unpaired) electrons. The van der Waals surface area contributed by atoms with E-state index < -0.39 is 30.2 Å². The van der Waals surface area contributed by atoms with E-state index in [-0.39, 0.29) is 5.69 Å². The summed E-state index contributed by atoms with van der Waals surface area (Å²) in [5.41, 5.74) is -0.595. The number of carbonyl (C=O) groups excluding carboxylic acids is 2. The van der Waals surface area contributed by atoms with E-state index in [2.05, 4.69) is 15.8 Å². The number of nitrogens with one attached hydrogen (secondary N) is 2. The number of nitrogens with zero attached hydrogens (tertiary/aromatic N) is 1. The number of benzene rings is 2. The maximum absolute atomic E-state index is 12.7. The Morgan fingerprint density at radius 3 is 2.50 bits per heavy atom. The summed E-state index contributed by atoms with van der Waals surface area (Å²) in [5, 5.41) is 8.07. The fourth-order valence-corrected chi connectivity index (χ4v) is 2.22. The fourth-order valence-electron chi connectivity index (χ4n) is 2.22. The van der Waals surface area contributed by atoms with Gasteiger partial charge >= 0.3 is 6.18 Å². The van der Waals surface area contributed by atoms with Crippen LogP contribution in [0.15, 0.2) is 47.6 Å². The van der Waals surface area contributed by atoms with Crippen LogP contribution in [0.1, 0.15) is 5.56 Å².